The second-order valence-corrected chi connectivity index (χ2v) is 9.72. The van der Waals surface area contributed by atoms with E-state index >= 15 is 0 Å². The third-order valence-electron chi connectivity index (χ3n) is 6.78. The molecule has 39 heavy (non-hydrogen) atoms. The van der Waals surface area contributed by atoms with Crippen molar-refractivity contribution < 1.29 is 18.4 Å². The van der Waals surface area contributed by atoms with Crippen molar-refractivity contribution in [3.63, 3.8) is 0 Å². The van der Waals surface area contributed by atoms with Gasteiger partial charge in [0.05, 0.1) is 12.5 Å². The SMILES string of the molecule is CCCC(C#N)(C(=O)/C=C(/C)c1cc(NC(=O)Cc2cccc(/C(C=N)=C/NC)c2)nc(C(F)F)c1)C1CC1. The number of allylic oxidation sites excluding steroid dienone is 3. The van der Waals surface area contributed by atoms with E-state index in [1.807, 2.05) is 13.0 Å². The summed E-state index contributed by atoms with van der Waals surface area (Å²) >= 11 is 0. The van der Waals surface area contributed by atoms with Crippen LogP contribution >= 0.6 is 0 Å². The number of benzene rings is 1. The summed E-state index contributed by atoms with van der Waals surface area (Å²) in [5, 5.41) is 22.9. The fourth-order valence-corrected chi connectivity index (χ4v) is 4.66. The number of carbonyl (C=O) groups is 2. The lowest BCUT2D eigenvalue weighted by molar-refractivity contribution is -0.122. The maximum atomic E-state index is 13.7. The summed E-state index contributed by atoms with van der Waals surface area (Å²) in [6.45, 7) is 3.55. The number of hydrogen-bond acceptors (Lipinski definition) is 6. The molecule has 1 aromatic carbocycles. The molecule has 1 unspecified atom stereocenters. The number of halogens is 2. The Kier molecular flexibility index (Phi) is 9.83. The fourth-order valence-electron chi connectivity index (χ4n) is 4.66. The molecule has 1 heterocycles. The molecule has 1 atom stereocenters. The van der Waals surface area contributed by atoms with Gasteiger partial charge < -0.3 is 16.0 Å². The molecule has 0 bridgehead atoms. The Balaban J connectivity index is 1.85. The van der Waals surface area contributed by atoms with Gasteiger partial charge in [0.15, 0.2) is 5.78 Å². The van der Waals surface area contributed by atoms with Crippen LogP contribution in [0.5, 0.6) is 0 Å². The average molecular weight is 534 g/mol. The second kappa shape index (κ2) is 13.1. The molecule has 1 aliphatic rings. The number of pyridine rings is 1. The van der Waals surface area contributed by atoms with Gasteiger partial charge in [-0.15, -0.1) is 0 Å². The lowest BCUT2D eigenvalue weighted by Crippen LogP contribution is -2.30. The van der Waals surface area contributed by atoms with Crippen LogP contribution in [0.15, 0.2) is 48.7 Å². The molecule has 204 valence electrons. The zero-order valence-corrected chi connectivity index (χ0v) is 22.4. The summed E-state index contributed by atoms with van der Waals surface area (Å²) in [6.07, 6.45) is 4.08. The van der Waals surface area contributed by atoms with E-state index in [1.165, 1.54) is 24.4 Å². The minimum absolute atomic E-state index is 0.0187. The highest BCUT2D eigenvalue weighted by Crippen LogP contribution is 2.49. The molecule has 3 rings (SSSR count). The molecule has 9 heteroatoms. The summed E-state index contributed by atoms with van der Waals surface area (Å²) < 4.78 is 27.4. The van der Waals surface area contributed by atoms with Crippen molar-refractivity contribution in [2.24, 2.45) is 11.3 Å². The van der Waals surface area contributed by atoms with Crippen LogP contribution in [0.2, 0.25) is 0 Å². The first kappa shape index (κ1) is 29.4. The molecular weight excluding hydrogens is 500 g/mol. The zero-order valence-electron chi connectivity index (χ0n) is 22.4. The number of alkyl halides is 2. The van der Waals surface area contributed by atoms with Gasteiger partial charge in [-0.25, -0.2) is 13.8 Å². The van der Waals surface area contributed by atoms with E-state index in [0.29, 0.717) is 35.1 Å². The number of amides is 1. The number of nitriles is 1. The Morgan fingerprint density at radius 1 is 1.26 bits per heavy atom. The second-order valence-electron chi connectivity index (χ2n) is 9.72. The van der Waals surface area contributed by atoms with Gasteiger partial charge in [-0.3, -0.25) is 9.59 Å². The van der Waals surface area contributed by atoms with Crippen molar-refractivity contribution in [1.29, 1.82) is 10.7 Å². The highest BCUT2D eigenvalue weighted by Gasteiger charge is 2.49. The summed E-state index contributed by atoms with van der Waals surface area (Å²) in [7, 11) is 1.72. The Bertz CT molecular complexity index is 1340. The van der Waals surface area contributed by atoms with Crippen LogP contribution in [-0.2, 0) is 16.0 Å². The maximum absolute atomic E-state index is 13.7. The van der Waals surface area contributed by atoms with E-state index < -0.39 is 23.4 Å². The van der Waals surface area contributed by atoms with Crippen LogP contribution in [0.3, 0.4) is 0 Å². The van der Waals surface area contributed by atoms with Gasteiger partial charge in [0.2, 0.25) is 5.91 Å². The van der Waals surface area contributed by atoms with E-state index in [2.05, 4.69) is 21.7 Å². The molecule has 7 nitrogen and oxygen atoms in total. The minimum Gasteiger partial charge on any atom is -0.393 e. The van der Waals surface area contributed by atoms with Gasteiger partial charge >= 0.3 is 0 Å². The summed E-state index contributed by atoms with van der Waals surface area (Å²) in [4.78, 5) is 29.9. The highest BCUT2D eigenvalue weighted by molar-refractivity contribution is 6.08. The molecule has 2 aromatic rings. The molecule has 0 aliphatic heterocycles. The number of nitrogens with one attached hydrogen (secondary N) is 3. The Hall–Kier alpha value is -4.19. The van der Waals surface area contributed by atoms with E-state index in [9.17, 15) is 23.6 Å². The predicted octanol–water partition coefficient (Wildman–Crippen LogP) is 6.10. The largest absolute Gasteiger partial charge is 0.393 e. The van der Waals surface area contributed by atoms with Gasteiger partial charge in [0.25, 0.3) is 6.43 Å². The number of nitrogens with zero attached hydrogens (tertiary/aromatic N) is 2. The Labute approximate surface area is 227 Å². The Morgan fingerprint density at radius 2 is 2.00 bits per heavy atom. The van der Waals surface area contributed by atoms with Crippen molar-refractivity contribution in [3.05, 3.63) is 71.1 Å². The first-order valence-electron chi connectivity index (χ1n) is 12.9. The molecular formula is C30H33F2N5O2. The Morgan fingerprint density at radius 3 is 2.59 bits per heavy atom. The molecule has 3 N–H and O–H groups in total. The number of carbonyl (C=O) groups excluding carboxylic acids is 2. The molecule has 1 amide bonds. The minimum atomic E-state index is -2.89. The summed E-state index contributed by atoms with van der Waals surface area (Å²) in [5.74, 6) is -0.805. The molecule has 0 radical (unpaired) electrons. The van der Waals surface area contributed by atoms with Crippen LogP contribution in [0.1, 0.15) is 68.3 Å². The van der Waals surface area contributed by atoms with Crippen molar-refractivity contribution in [2.45, 2.75) is 52.4 Å². The third-order valence-corrected chi connectivity index (χ3v) is 6.78. The topological polar surface area (TPSA) is 119 Å². The van der Waals surface area contributed by atoms with E-state index in [1.54, 1.807) is 38.4 Å². The van der Waals surface area contributed by atoms with Gasteiger partial charge in [-0.1, -0.05) is 37.6 Å². The van der Waals surface area contributed by atoms with Gasteiger partial charge in [-0.2, -0.15) is 5.26 Å². The van der Waals surface area contributed by atoms with Crippen molar-refractivity contribution >= 4 is 34.9 Å². The number of rotatable bonds is 13. The number of aromatic nitrogens is 1. The molecule has 0 saturated heterocycles. The van der Waals surface area contributed by atoms with Gasteiger partial charge in [0.1, 0.15) is 16.9 Å². The monoisotopic (exact) mass is 533 g/mol. The van der Waals surface area contributed by atoms with Crippen LogP contribution < -0.4 is 10.6 Å². The highest BCUT2D eigenvalue weighted by atomic mass is 19.3. The number of hydrogen-bond donors (Lipinski definition) is 3. The number of anilines is 1. The van der Waals surface area contributed by atoms with Crippen LogP contribution in [0.25, 0.3) is 11.1 Å². The quantitative estimate of drug-likeness (QED) is 0.212. The molecule has 1 fully saturated rings. The molecule has 1 aliphatic carbocycles. The fraction of sp³-hybridized carbons (Fsp3) is 0.367. The maximum Gasteiger partial charge on any atom is 0.280 e. The van der Waals surface area contributed by atoms with Crippen LogP contribution in [-0.4, -0.2) is 29.9 Å². The third kappa shape index (κ3) is 7.23. The van der Waals surface area contributed by atoms with E-state index in [0.717, 1.165) is 18.4 Å². The zero-order chi connectivity index (χ0) is 28.6. The lowest BCUT2D eigenvalue weighted by Gasteiger charge is -2.23. The molecule has 0 spiro atoms. The molecule has 1 aromatic heterocycles. The average Bonchev–Trinajstić information content (AvgIpc) is 3.76. The van der Waals surface area contributed by atoms with Gasteiger partial charge in [0, 0.05) is 25.0 Å². The normalized spacial score (nSPS) is 15.3. The predicted molar refractivity (Wildman–Crippen MR) is 148 cm³/mol. The standard InChI is InChI=1S/C30H33F2N5O2/c1-4-10-30(18-34,24-8-9-24)26(38)11-19(2)22-14-25(29(31)32)36-27(15-22)37-28(39)13-20-6-5-7-21(12-20)23(16-33)17-35-3/h5-7,11-12,14-17,24,29,33,35H,4,8-10,13H2,1-3H3,(H,36,37,39)/b19-11-,23-17+,33-16?. The van der Waals surface area contributed by atoms with Crippen molar-refractivity contribution in [3.8, 4) is 6.07 Å². The lowest BCUT2D eigenvalue weighted by atomic mass is 9.75. The van der Waals surface area contributed by atoms with E-state index in [4.69, 9.17) is 5.41 Å². The molecule has 1 saturated carbocycles. The van der Waals surface area contributed by atoms with Gasteiger partial charge in [-0.05, 0) is 72.6 Å². The van der Waals surface area contributed by atoms with Crippen LogP contribution in [0, 0.1) is 28.1 Å². The first-order chi connectivity index (χ1) is 18.7. The summed E-state index contributed by atoms with van der Waals surface area (Å²) in [5.41, 5.74) is 1.16. The van der Waals surface area contributed by atoms with Crippen LogP contribution in [0.4, 0.5) is 14.6 Å². The number of ketones is 1. The van der Waals surface area contributed by atoms with Crippen molar-refractivity contribution in [1.82, 2.24) is 10.3 Å². The van der Waals surface area contributed by atoms with Crippen molar-refractivity contribution in [2.75, 3.05) is 12.4 Å². The summed E-state index contributed by atoms with van der Waals surface area (Å²) in [6, 6.07) is 12.0. The smallest absolute Gasteiger partial charge is 0.280 e. The first-order valence-corrected chi connectivity index (χ1v) is 12.9. The van der Waals surface area contributed by atoms with E-state index in [-0.39, 0.29) is 23.9 Å².